The molecule has 1 heterocycles. The maximum Gasteiger partial charge on any atom is 0.338 e. The van der Waals surface area contributed by atoms with Gasteiger partial charge < -0.3 is 28.9 Å². The number of carbonyl (C=O) groups excluding carboxylic acids is 2. The summed E-state index contributed by atoms with van der Waals surface area (Å²) in [6.45, 7) is 15.3. The maximum absolute atomic E-state index is 13.2. The van der Waals surface area contributed by atoms with Crippen LogP contribution >= 0.6 is 0 Å². The molecule has 0 radical (unpaired) electrons. The molecule has 44 heavy (non-hydrogen) atoms. The Kier molecular flexibility index (Phi) is 9.71. The lowest BCUT2D eigenvalue weighted by Crippen LogP contribution is -2.87. The quantitative estimate of drug-likeness (QED) is 0.199. The Hall–Kier alpha value is -2.43. The van der Waals surface area contributed by atoms with Gasteiger partial charge in [0.2, 0.25) is 5.91 Å². The van der Waals surface area contributed by atoms with Crippen LogP contribution in [-0.4, -0.2) is 91.1 Å². The molecule has 0 bridgehead atoms. The number of benzene rings is 2. The molecule has 6 atom stereocenters. The number of hydroxylamine groups is 2. The van der Waals surface area contributed by atoms with Gasteiger partial charge in [0.15, 0.2) is 22.2 Å². The highest BCUT2D eigenvalue weighted by Gasteiger charge is 2.75. The lowest BCUT2D eigenvalue weighted by molar-refractivity contribution is -0.353. The standard InChI is InChI=1S/C32H47NO9Si2/c1-30(2,3)44(7,8)42-28-27(41-43(4,5)6)31(19-24(34)33(31)40-20-22-15-11-9-12-16-22)25(35)26(36)32(28,38)21-39-29(37)23-17-13-10-14-18-23/h9-18,25-28,35-36,38H,19-21H2,1-8H3/t25-,26+,27-,28+,31-,32+/m1/s1. The van der Waals surface area contributed by atoms with Crippen LogP contribution in [0.2, 0.25) is 37.8 Å². The molecule has 1 amide bonds. The van der Waals surface area contributed by atoms with E-state index in [1.807, 2.05) is 83.8 Å². The number of amides is 1. The number of β-lactam (4-membered cyclic amide) rings is 1. The van der Waals surface area contributed by atoms with Gasteiger partial charge in [-0.05, 0) is 55.5 Å². The molecule has 1 aliphatic carbocycles. The van der Waals surface area contributed by atoms with Gasteiger partial charge in [-0.1, -0.05) is 69.3 Å². The van der Waals surface area contributed by atoms with Gasteiger partial charge in [-0.2, -0.15) is 0 Å². The van der Waals surface area contributed by atoms with E-state index in [0.29, 0.717) is 0 Å². The minimum atomic E-state index is -2.73. The smallest absolute Gasteiger partial charge is 0.338 e. The first kappa shape index (κ1) is 34.4. The second-order valence-corrected chi connectivity index (χ2v) is 23.6. The summed E-state index contributed by atoms with van der Waals surface area (Å²) in [6, 6.07) is 17.6. The number of hydrogen-bond donors (Lipinski definition) is 3. The molecule has 2 aromatic rings. The van der Waals surface area contributed by atoms with E-state index in [1.165, 1.54) is 0 Å². The van der Waals surface area contributed by atoms with Gasteiger partial charge in [-0.3, -0.25) is 9.63 Å². The largest absolute Gasteiger partial charge is 0.459 e. The number of aliphatic hydroxyl groups excluding tert-OH is 2. The summed E-state index contributed by atoms with van der Waals surface area (Å²) < 4.78 is 19.2. The van der Waals surface area contributed by atoms with E-state index in [0.717, 1.165) is 10.6 Å². The van der Waals surface area contributed by atoms with Crippen molar-refractivity contribution < 1.29 is 43.3 Å². The van der Waals surface area contributed by atoms with Crippen molar-refractivity contribution in [3.05, 3.63) is 71.8 Å². The Bertz CT molecular complexity index is 1310. The van der Waals surface area contributed by atoms with Crippen molar-refractivity contribution in [1.29, 1.82) is 0 Å². The van der Waals surface area contributed by atoms with Crippen LogP contribution in [0.5, 0.6) is 0 Å². The van der Waals surface area contributed by atoms with Crippen molar-refractivity contribution in [2.24, 2.45) is 0 Å². The number of hydrogen-bond acceptors (Lipinski definition) is 9. The molecule has 0 aromatic heterocycles. The van der Waals surface area contributed by atoms with Gasteiger partial charge >= 0.3 is 5.97 Å². The van der Waals surface area contributed by atoms with Crippen LogP contribution in [-0.2, 0) is 29.8 Å². The Morgan fingerprint density at radius 2 is 1.48 bits per heavy atom. The highest BCUT2D eigenvalue weighted by Crippen LogP contribution is 2.52. The molecule has 12 heteroatoms. The summed E-state index contributed by atoms with van der Waals surface area (Å²) in [5.41, 5.74) is -2.80. The van der Waals surface area contributed by atoms with Gasteiger partial charge in [0.05, 0.1) is 12.0 Å². The second-order valence-electron chi connectivity index (χ2n) is 14.4. The zero-order valence-electron chi connectivity index (χ0n) is 26.9. The van der Waals surface area contributed by atoms with Gasteiger partial charge in [0, 0.05) is 0 Å². The number of carbonyl (C=O) groups is 2. The van der Waals surface area contributed by atoms with Crippen LogP contribution in [0.3, 0.4) is 0 Å². The van der Waals surface area contributed by atoms with Gasteiger partial charge in [0.1, 0.15) is 43.2 Å². The third kappa shape index (κ3) is 6.58. The number of aliphatic hydroxyl groups is 3. The van der Waals surface area contributed by atoms with Gasteiger partial charge in [-0.25, -0.2) is 9.86 Å². The van der Waals surface area contributed by atoms with E-state index in [4.69, 9.17) is 18.4 Å². The molecule has 1 aliphatic heterocycles. The predicted molar refractivity (Wildman–Crippen MR) is 169 cm³/mol. The number of rotatable bonds is 10. The average Bonchev–Trinajstić information content (AvgIpc) is 2.94. The average molecular weight is 646 g/mol. The monoisotopic (exact) mass is 645 g/mol. The topological polar surface area (TPSA) is 135 Å². The molecule has 3 N–H and O–H groups in total. The van der Waals surface area contributed by atoms with Crippen molar-refractivity contribution in [1.82, 2.24) is 5.06 Å². The number of esters is 1. The Balaban J connectivity index is 1.80. The van der Waals surface area contributed by atoms with Crippen LogP contribution < -0.4 is 0 Å². The van der Waals surface area contributed by atoms with Crippen LogP contribution in [0.1, 0.15) is 43.1 Å². The summed E-state index contributed by atoms with van der Waals surface area (Å²) >= 11 is 0. The second kappa shape index (κ2) is 12.4. The number of nitrogens with zero attached hydrogens (tertiary/aromatic N) is 1. The molecular weight excluding hydrogens is 599 g/mol. The molecule has 4 rings (SSSR count). The van der Waals surface area contributed by atoms with Gasteiger partial charge in [-0.15, -0.1) is 0 Å². The van der Waals surface area contributed by atoms with E-state index in [1.54, 1.807) is 30.3 Å². The van der Waals surface area contributed by atoms with E-state index >= 15 is 0 Å². The van der Waals surface area contributed by atoms with E-state index in [2.05, 4.69) is 0 Å². The molecule has 2 fully saturated rings. The lowest BCUT2D eigenvalue weighted by Gasteiger charge is -2.65. The van der Waals surface area contributed by atoms with E-state index in [-0.39, 0.29) is 23.6 Å². The van der Waals surface area contributed by atoms with E-state index < -0.39 is 70.7 Å². The first-order valence-electron chi connectivity index (χ1n) is 15.0. The minimum absolute atomic E-state index is 0.0313. The van der Waals surface area contributed by atoms with Crippen LogP contribution in [0, 0.1) is 0 Å². The lowest BCUT2D eigenvalue weighted by atomic mass is 9.62. The predicted octanol–water partition coefficient (Wildman–Crippen LogP) is 4.02. The fourth-order valence-corrected chi connectivity index (χ4v) is 7.90. The fourth-order valence-electron chi connectivity index (χ4n) is 5.49. The Morgan fingerprint density at radius 1 is 0.909 bits per heavy atom. The first-order valence-corrected chi connectivity index (χ1v) is 21.3. The molecular formula is C32H47NO9Si2. The van der Waals surface area contributed by atoms with Gasteiger partial charge in [0.25, 0.3) is 0 Å². The molecule has 242 valence electrons. The van der Waals surface area contributed by atoms with Crippen molar-refractivity contribution in [3.8, 4) is 0 Å². The van der Waals surface area contributed by atoms with E-state index in [9.17, 15) is 24.9 Å². The van der Waals surface area contributed by atoms with Crippen molar-refractivity contribution in [2.45, 2.75) is 107 Å². The summed E-state index contributed by atoms with van der Waals surface area (Å²) in [5, 5.41) is 36.8. The SMILES string of the molecule is CC(C)(C)[Si](C)(C)O[C@H]1[C@@H](O[Si](C)(C)C)[C@@]2(CC(=O)N2OCc2ccccc2)[C@H](O)[C@H](O)[C@@]1(O)COC(=O)c1ccccc1. The van der Waals surface area contributed by atoms with Crippen LogP contribution in [0.4, 0.5) is 0 Å². The maximum atomic E-state index is 13.2. The third-order valence-corrected chi connectivity index (χ3v) is 14.4. The fraction of sp³-hybridized carbons (Fsp3) is 0.562. The van der Waals surface area contributed by atoms with Crippen molar-refractivity contribution in [3.63, 3.8) is 0 Å². The molecule has 2 aromatic carbocycles. The molecule has 1 saturated carbocycles. The summed E-state index contributed by atoms with van der Waals surface area (Å²) in [5.74, 6) is -1.11. The molecule has 2 aliphatic rings. The summed E-state index contributed by atoms with van der Waals surface area (Å²) in [6.07, 6.45) is -6.24. The highest BCUT2D eigenvalue weighted by molar-refractivity contribution is 6.74. The van der Waals surface area contributed by atoms with Crippen LogP contribution in [0.25, 0.3) is 0 Å². The zero-order chi connectivity index (χ0) is 32.7. The van der Waals surface area contributed by atoms with Crippen molar-refractivity contribution >= 4 is 28.5 Å². The number of ether oxygens (including phenoxy) is 1. The van der Waals surface area contributed by atoms with Crippen molar-refractivity contribution in [2.75, 3.05) is 6.61 Å². The molecule has 10 nitrogen and oxygen atoms in total. The third-order valence-electron chi connectivity index (χ3n) is 8.98. The summed E-state index contributed by atoms with van der Waals surface area (Å²) in [7, 11) is -5.23. The Labute approximate surface area is 262 Å². The normalized spacial score (nSPS) is 29.4. The molecule has 1 spiro atoms. The zero-order valence-corrected chi connectivity index (χ0v) is 28.9. The minimum Gasteiger partial charge on any atom is -0.459 e. The Morgan fingerprint density at radius 3 is 2.00 bits per heavy atom. The first-order chi connectivity index (χ1) is 20.3. The van der Waals surface area contributed by atoms with Crippen LogP contribution in [0.15, 0.2) is 60.7 Å². The summed E-state index contributed by atoms with van der Waals surface area (Å²) in [4.78, 5) is 32.2. The highest BCUT2D eigenvalue weighted by atomic mass is 28.4. The molecule has 1 saturated heterocycles. The molecule has 0 unspecified atom stereocenters.